The van der Waals surface area contributed by atoms with E-state index in [1.165, 1.54) is 0 Å². The van der Waals surface area contributed by atoms with Crippen LogP contribution in [-0.4, -0.2) is 37.7 Å². The molecule has 0 radical (unpaired) electrons. The summed E-state index contributed by atoms with van der Waals surface area (Å²) < 4.78 is 7.56. The number of nitrogens with one attached hydrogen (secondary N) is 1. The third-order valence-corrected chi connectivity index (χ3v) is 3.22. The summed E-state index contributed by atoms with van der Waals surface area (Å²) in [6.45, 7) is 5.51. The summed E-state index contributed by atoms with van der Waals surface area (Å²) in [6.07, 6.45) is 6.01. The second kappa shape index (κ2) is 7.04. The van der Waals surface area contributed by atoms with Gasteiger partial charge in [-0.2, -0.15) is 4.98 Å². The van der Waals surface area contributed by atoms with Gasteiger partial charge in [-0.1, -0.05) is 19.9 Å². The fraction of sp³-hybridized carbons (Fsp3) is 0.375. The Morgan fingerprint density at radius 2 is 2.13 bits per heavy atom. The van der Waals surface area contributed by atoms with Crippen LogP contribution >= 0.6 is 0 Å². The van der Waals surface area contributed by atoms with Crippen molar-refractivity contribution in [1.29, 1.82) is 0 Å². The molecule has 0 aliphatic carbocycles. The van der Waals surface area contributed by atoms with E-state index in [1.54, 1.807) is 12.4 Å². The Morgan fingerprint density at radius 3 is 3.00 bits per heavy atom. The lowest BCUT2D eigenvalue weighted by atomic mass is 10.2. The summed E-state index contributed by atoms with van der Waals surface area (Å²) in [5.41, 5.74) is 0.853. The molecule has 0 aliphatic rings. The molecule has 0 aliphatic heterocycles. The lowest BCUT2D eigenvalue weighted by Gasteiger charge is -2.09. The van der Waals surface area contributed by atoms with Crippen LogP contribution < -0.4 is 10.1 Å². The van der Waals surface area contributed by atoms with Crippen molar-refractivity contribution >= 4 is 11.5 Å². The van der Waals surface area contributed by atoms with Crippen LogP contribution in [0.1, 0.15) is 19.7 Å². The van der Waals surface area contributed by atoms with Crippen molar-refractivity contribution in [2.75, 3.05) is 18.5 Å². The normalized spacial score (nSPS) is 11.1. The molecule has 3 heterocycles. The van der Waals surface area contributed by atoms with Crippen LogP contribution in [0.5, 0.6) is 5.88 Å². The maximum atomic E-state index is 5.58. The summed E-state index contributed by atoms with van der Waals surface area (Å²) in [6, 6.07) is 5.85. The molecule has 120 valence electrons. The minimum absolute atomic E-state index is 0.453. The van der Waals surface area contributed by atoms with Crippen LogP contribution in [0.25, 0.3) is 5.65 Å². The number of ether oxygens (including phenoxy) is 1. The van der Waals surface area contributed by atoms with E-state index in [9.17, 15) is 0 Å². The van der Waals surface area contributed by atoms with Gasteiger partial charge >= 0.3 is 0 Å². The molecule has 1 N–H and O–H groups in total. The predicted molar refractivity (Wildman–Crippen MR) is 87.5 cm³/mol. The van der Waals surface area contributed by atoms with Crippen molar-refractivity contribution in [2.45, 2.75) is 20.3 Å². The van der Waals surface area contributed by atoms with E-state index in [-0.39, 0.29) is 0 Å². The van der Waals surface area contributed by atoms with E-state index in [4.69, 9.17) is 4.74 Å². The number of aromatic nitrogens is 5. The van der Waals surface area contributed by atoms with Gasteiger partial charge in [0, 0.05) is 19.2 Å². The zero-order valence-electron chi connectivity index (χ0n) is 13.3. The van der Waals surface area contributed by atoms with E-state index in [0.29, 0.717) is 30.8 Å². The minimum Gasteiger partial charge on any atom is -0.476 e. The van der Waals surface area contributed by atoms with Gasteiger partial charge in [-0.15, -0.1) is 10.2 Å². The van der Waals surface area contributed by atoms with Gasteiger partial charge in [0.05, 0.1) is 19.0 Å². The zero-order chi connectivity index (χ0) is 16.1. The summed E-state index contributed by atoms with van der Waals surface area (Å²) in [5.74, 6) is 2.60. The molecule has 0 bridgehead atoms. The Bertz CT molecular complexity index is 770. The van der Waals surface area contributed by atoms with Crippen molar-refractivity contribution in [3.8, 4) is 5.88 Å². The summed E-state index contributed by atoms with van der Waals surface area (Å²) in [5, 5.41) is 11.6. The van der Waals surface area contributed by atoms with Crippen LogP contribution in [-0.2, 0) is 6.42 Å². The standard InChI is InChI=1S/C16H20N6O/c1-12(2)11-23-16-10-17-9-13(19-16)18-7-6-15-21-20-14-5-3-4-8-22(14)15/h3-5,8-10,12H,6-7,11H2,1-2H3,(H,18,19). The first-order valence-corrected chi connectivity index (χ1v) is 7.70. The summed E-state index contributed by atoms with van der Waals surface area (Å²) in [7, 11) is 0. The molecule has 3 aromatic rings. The molecule has 7 nitrogen and oxygen atoms in total. The van der Waals surface area contributed by atoms with E-state index in [2.05, 4.69) is 39.3 Å². The molecule has 0 spiro atoms. The summed E-state index contributed by atoms with van der Waals surface area (Å²) >= 11 is 0. The van der Waals surface area contributed by atoms with E-state index >= 15 is 0 Å². The lowest BCUT2D eigenvalue weighted by Crippen LogP contribution is -2.10. The third kappa shape index (κ3) is 3.94. The first-order valence-electron chi connectivity index (χ1n) is 7.70. The second-order valence-electron chi connectivity index (χ2n) is 5.67. The Balaban J connectivity index is 1.57. The fourth-order valence-corrected chi connectivity index (χ4v) is 2.12. The molecule has 3 aromatic heterocycles. The molecular weight excluding hydrogens is 292 g/mol. The maximum absolute atomic E-state index is 5.58. The third-order valence-electron chi connectivity index (χ3n) is 3.22. The van der Waals surface area contributed by atoms with Crippen molar-refractivity contribution < 1.29 is 4.74 Å². The molecule has 0 fully saturated rings. The smallest absolute Gasteiger partial charge is 0.234 e. The first-order chi connectivity index (χ1) is 11.2. The van der Waals surface area contributed by atoms with Gasteiger partial charge in [-0.25, -0.2) is 0 Å². The van der Waals surface area contributed by atoms with Crippen molar-refractivity contribution in [3.05, 3.63) is 42.6 Å². The Labute approximate surface area is 134 Å². The van der Waals surface area contributed by atoms with Crippen LogP contribution in [0.4, 0.5) is 5.82 Å². The molecule has 0 saturated carbocycles. The van der Waals surface area contributed by atoms with Gasteiger partial charge in [-0.05, 0) is 18.1 Å². The second-order valence-corrected chi connectivity index (χ2v) is 5.67. The van der Waals surface area contributed by atoms with Crippen molar-refractivity contribution in [1.82, 2.24) is 24.6 Å². The van der Waals surface area contributed by atoms with Crippen LogP contribution in [0.15, 0.2) is 36.8 Å². The lowest BCUT2D eigenvalue weighted by molar-refractivity contribution is 0.260. The molecule has 0 atom stereocenters. The Kier molecular flexibility index (Phi) is 4.65. The van der Waals surface area contributed by atoms with Gasteiger partial charge in [0.25, 0.3) is 0 Å². The predicted octanol–water partition coefficient (Wildman–Crippen LogP) is 2.21. The monoisotopic (exact) mass is 312 g/mol. The van der Waals surface area contributed by atoms with Crippen LogP contribution in [0.3, 0.4) is 0 Å². The van der Waals surface area contributed by atoms with Crippen LogP contribution in [0.2, 0.25) is 0 Å². The van der Waals surface area contributed by atoms with Gasteiger partial charge in [0.2, 0.25) is 5.88 Å². The largest absolute Gasteiger partial charge is 0.476 e. The fourth-order valence-electron chi connectivity index (χ4n) is 2.12. The number of nitrogens with zero attached hydrogens (tertiary/aromatic N) is 5. The Hall–Kier alpha value is -2.70. The highest BCUT2D eigenvalue weighted by Gasteiger charge is 2.05. The SMILES string of the molecule is CC(C)COc1cncc(NCCc2nnc3ccccn23)n1. The van der Waals surface area contributed by atoms with E-state index < -0.39 is 0 Å². The number of anilines is 1. The number of rotatable bonds is 7. The zero-order valence-corrected chi connectivity index (χ0v) is 13.3. The average Bonchev–Trinajstić information content (AvgIpc) is 2.97. The highest BCUT2D eigenvalue weighted by atomic mass is 16.5. The molecular formula is C16H20N6O. The van der Waals surface area contributed by atoms with Gasteiger partial charge in [0.1, 0.15) is 11.6 Å². The number of hydrogen-bond acceptors (Lipinski definition) is 6. The molecule has 7 heteroatoms. The van der Waals surface area contributed by atoms with Gasteiger partial charge in [0.15, 0.2) is 5.65 Å². The van der Waals surface area contributed by atoms with Gasteiger partial charge in [-0.3, -0.25) is 9.38 Å². The van der Waals surface area contributed by atoms with E-state index in [1.807, 2.05) is 28.8 Å². The number of pyridine rings is 1. The molecule has 0 saturated heterocycles. The highest BCUT2D eigenvalue weighted by Crippen LogP contribution is 2.10. The quantitative estimate of drug-likeness (QED) is 0.721. The van der Waals surface area contributed by atoms with Crippen molar-refractivity contribution in [3.63, 3.8) is 0 Å². The molecule has 0 unspecified atom stereocenters. The van der Waals surface area contributed by atoms with Crippen LogP contribution in [0, 0.1) is 5.92 Å². The summed E-state index contributed by atoms with van der Waals surface area (Å²) in [4.78, 5) is 8.53. The Morgan fingerprint density at radius 1 is 1.22 bits per heavy atom. The molecule has 23 heavy (non-hydrogen) atoms. The number of fused-ring (bicyclic) bond motifs is 1. The minimum atomic E-state index is 0.453. The molecule has 0 aromatic carbocycles. The molecule has 0 amide bonds. The number of hydrogen-bond donors (Lipinski definition) is 1. The topological polar surface area (TPSA) is 77.2 Å². The highest BCUT2D eigenvalue weighted by molar-refractivity contribution is 5.37. The van der Waals surface area contributed by atoms with Gasteiger partial charge < -0.3 is 10.1 Å². The van der Waals surface area contributed by atoms with E-state index in [0.717, 1.165) is 17.9 Å². The average molecular weight is 312 g/mol. The maximum Gasteiger partial charge on any atom is 0.234 e. The first kappa shape index (κ1) is 15.2. The molecule has 3 rings (SSSR count). The van der Waals surface area contributed by atoms with Crippen molar-refractivity contribution in [2.24, 2.45) is 5.92 Å².